The van der Waals surface area contributed by atoms with Gasteiger partial charge in [-0.05, 0) is 24.8 Å². The van der Waals surface area contributed by atoms with Crippen molar-refractivity contribution < 1.29 is 4.74 Å². The molecule has 0 spiro atoms. The van der Waals surface area contributed by atoms with Crippen LogP contribution in [-0.2, 0) is 6.54 Å². The van der Waals surface area contributed by atoms with Crippen LogP contribution in [0.15, 0.2) is 18.3 Å². The zero-order valence-electron chi connectivity index (χ0n) is 12.2. The van der Waals surface area contributed by atoms with Gasteiger partial charge in [0, 0.05) is 24.8 Å². The van der Waals surface area contributed by atoms with Crippen molar-refractivity contribution in [3.8, 4) is 5.88 Å². The largest absolute Gasteiger partial charge is 0.475 e. The molecule has 102 valence electrons. The maximum absolute atomic E-state index is 5.77. The lowest BCUT2D eigenvalue weighted by molar-refractivity contribution is 0.185. The summed E-state index contributed by atoms with van der Waals surface area (Å²) >= 11 is 0. The fraction of sp³-hybridized carbons (Fsp3) is 0.667. The molecule has 1 N–H and O–H groups in total. The fourth-order valence-corrected chi connectivity index (χ4v) is 1.83. The number of pyridine rings is 1. The van der Waals surface area contributed by atoms with Crippen LogP contribution < -0.4 is 10.1 Å². The minimum atomic E-state index is 0.220. The standard InChI is InChI=1S/C15H26N2O/c1-11(2)8-13(5)18-15-7-6-14(10-17-15)9-16-12(3)4/h6-7,10-13,16H,8-9H2,1-5H3. The van der Waals surface area contributed by atoms with Crippen LogP contribution in [0, 0.1) is 5.92 Å². The molecule has 3 nitrogen and oxygen atoms in total. The third kappa shape index (κ3) is 6.01. The van der Waals surface area contributed by atoms with Crippen molar-refractivity contribution in [2.24, 2.45) is 5.92 Å². The van der Waals surface area contributed by atoms with E-state index in [0.29, 0.717) is 12.0 Å². The van der Waals surface area contributed by atoms with E-state index in [4.69, 9.17) is 4.74 Å². The molecule has 3 heteroatoms. The molecule has 0 aliphatic carbocycles. The van der Waals surface area contributed by atoms with Gasteiger partial charge in [0.25, 0.3) is 0 Å². The summed E-state index contributed by atoms with van der Waals surface area (Å²) in [7, 11) is 0. The van der Waals surface area contributed by atoms with Gasteiger partial charge in [-0.25, -0.2) is 4.98 Å². The van der Waals surface area contributed by atoms with Gasteiger partial charge in [0.15, 0.2) is 0 Å². The van der Waals surface area contributed by atoms with Gasteiger partial charge in [-0.3, -0.25) is 0 Å². The Kier molecular flexibility index (Phi) is 6.13. The number of nitrogens with one attached hydrogen (secondary N) is 1. The Hall–Kier alpha value is -1.09. The molecule has 1 heterocycles. The summed E-state index contributed by atoms with van der Waals surface area (Å²) in [6.07, 6.45) is 3.16. The molecular formula is C15H26N2O. The number of hydrogen-bond acceptors (Lipinski definition) is 3. The quantitative estimate of drug-likeness (QED) is 0.805. The summed E-state index contributed by atoms with van der Waals surface area (Å²) in [6.45, 7) is 11.6. The lowest BCUT2D eigenvalue weighted by Crippen LogP contribution is -2.21. The summed E-state index contributed by atoms with van der Waals surface area (Å²) < 4.78 is 5.77. The maximum atomic E-state index is 5.77. The Morgan fingerprint density at radius 2 is 1.89 bits per heavy atom. The summed E-state index contributed by atoms with van der Waals surface area (Å²) in [4.78, 5) is 4.34. The SMILES string of the molecule is CC(C)CC(C)Oc1ccc(CNC(C)C)cn1. The van der Waals surface area contributed by atoms with E-state index < -0.39 is 0 Å². The van der Waals surface area contributed by atoms with E-state index in [0.717, 1.165) is 18.8 Å². The van der Waals surface area contributed by atoms with Crippen LogP contribution in [0.25, 0.3) is 0 Å². The fourth-order valence-electron chi connectivity index (χ4n) is 1.83. The van der Waals surface area contributed by atoms with Crippen LogP contribution in [-0.4, -0.2) is 17.1 Å². The number of ether oxygens (including phenoxy) is 1. The third-order valence-corrected chi connectivity index (χ3v) is 2.64. The zero-order chi connectivity index (χ0) is 13.5. The van der Waals surface area contributed by atoms with Crippen LogP contribution in [0.5, 0.6) is 5.88 Å². The summed E-state index contributed by atoms with van der Waals surface area (Å²) in [6, 6.07) is 4.51. The molecule has 0 aromatic carbocycles. The molecule has 18 heavy (non-hydrogen) atoms. The van der Waals surface area contributed by atoms with E-state index in [9.17, 15) is 0 Å². The van der Waals surface area contributed by atoms with Crippen molar-refractivity contribution in [2.45, 2.75) is 59.7 Å². The topological polar surface area (TPSA) is 34.1 Å². The molecule has 1 unspecified atom stereocenters. The highest BCUT2D eigenvalue weighted by Crippen LogP contribution is 2.13. The molecule has 0 amide bonds. The van der Waals surface area contributed by atoms with Gasteiger partial charge in [0.2, 0.25) is 5.88 Å². The van der Waals surface area contributed by atoms with Crippen LogP contribution in [0.2, 0.25) is 0 Å². The monoisotopic (exact) mass is 250 g/mol. The molecule has 1 atom stereocenters. The van der Waals surface area contributed by atoms with Crippen molar-refractivity contribution in [3.05, 3.63) is 23.9 Å². The predicted molar refractivity (Wildman–Crippen MR) is 75.8 cm³/mol. The van der Waals surface area contributed by atoms with E-state index in [-0.39, 0.29) is 6.10 Å². The van der Waals surface area contributed by atoms with Crippen molar-refractivity contribution in [1.82, 2.24) is 10.3 Å². The molecule has 1 aromatic heterocycles. The Bertz CT molecular complexity index is 333. The van der Waals surface area contributed by atoms with Crippen molar-refractivity contribution in [2.75, 3.05) is 0 Å². The first-order valence-corrected chi connectivity index (χ1v) is 6.82. The Morgan fingerprint density at radius 3 is 2.39 bits per heavy atom. The molecule has 0 aliphatic heterocycles. The van der Waals surface area contributed by atoms with E-state index in [1.54, 1.807) is 0 Å². The molecule has 1 rings (SSSR count). The highest BCUT2D eigenvalue weighted by molar-refractivity contribution is 5.17. The lowest BCUT2D eigenvalue weighted by Gasteiger charge is -2.16. The maximum Gasteiger partial charge on any atom is 0.213 e. The van der Waals surface area contributed by atoms with Gasteiger partial charge in [-0.2, -0.15) is 0 Å². The highest BCUT2D eigenvalue weighted by atomic mass is 16.5. The lowest BCUT2D eigenvalue weighted by atomic mass is 10.1. The average Bonchev–Trinajstić information content (AvgIpc) is 2.26. The first-order valence-electron chi connectivity index (χ1n) is 6.82. The summed E-state index contributed by atoms with van der Waals surface area (Å²) in [5, 5.41) is 3.37. The molecule has 0 aliphatic rings. The van der Waals surface area contributed by atoms with Gasteiger partial charge in [0.1, 0.15) is 0 Å². The third-order valence-electron chi connectivity index (χ3n) is 2.64. The second-order valence-corrected chi connectivity index (χ2v) is 5.60. The van der Waals surface area contributed by atoms with E-state index in [2.05, 4.69) is 51.0 Å². The number of nitrogens with zero attached hydrogens (tertiary/aromatic N) is 1. The smallest absolute Gasteiger partial charge is 0.213 e. The minimum Gasteiger partial charge on any atom is -0.475 e. The van der Waals surface area contributed by atoms with Crippen LogP contribution >= 0.6 is 0 Å². The summed E-state index contributed by atoms with van der Waals surface area (Å²) in [5.74, 6) is 1.37. The number of aromatic nitrogens is 1. The molecule has 0 radical (unpaired) electrons. The normalized spacial score (nSPS) is 13.1. The zero-order valence-corrected chi connectivity index (χ0v) is 12.2. The molecule has 1 aromatic rings. The first-order chi connectivity index (χ1) is 8.47. The summed E-state index contributed by atoms with van der Waals surface area (Å²) in [5.41, 5.74) is 1.19. The highest BCUT2D eigenvalue weighted by Gasteiger charge is 2.07. The number of rotatable bonds is 7. The van der Waals surface area contributed by atoms with E-state index in [1.165, 1.54) is 5.56 Å². The van der Waals surface area contributed by atoms with Crippen molar-refractivity contribution in [1.29, 1.82) is 0 Å². The van der Waals surface area contributed by atoms with E-state index >= 15 is 0 Å². The van der Waals surface area contributed by atoms with Gasteiger partial charge >= 0.3 is 0 Å². The first kappa shape index (κ1) is 15.0. The van der Waals surface area contributed by atoms with Crippen LogP contribution in [0.1, 0.15) is 46.6 Å². The molecular weight excluding hydrogens is 224 g/mol. The predicted octanol–water partition coefficient (Wildman–Crippen LogP) is 3.39. The van der Waals surface area contributed by atoms with Gasteiger partial charge in [-0.1, -0.05) is 33.8 Å². The van der Waals surface area contributed by atoms with Crippen LogP contribution in [0.4, 0.5) is 0 Å². The Labute approximate surface area is 111 Å². The van der Waals surface area contributed by atoms with Gasteiger partial charge in [-0.15, -0.1) is 0 Å². The average molecular weight is 250 g/mol. The van der Waals surface area contributed by atoms with Gasteiger partial charge < -0.3 is 10.1 Å². The Balaban J connectivity index is 2.44. The van der Waals surface area contributed by atoms with Crippen molar-refractivity contribution >= 4 is 0 Å². The minimum absolute atomic E-state index is 0.220. The second kappa shape index (κ2) is 7.37. The molecule has 0 saturated heterocycles. The number of hydrogen-bond donors (Lipinski definition) is 1. The molecule has 0 bridgehead atoms. The second-order valence-electron chi connectivity index (χ2n) is 5.60. The molecule has 0 fully saturated rings. The van der Waals surface area contributed by atoms with Crippen LogP contribution in [0.3, 0.4) is 0 Å². The van der Waals surface area contributed by atoms with E-state index in [1.807, 2.05) is 12.3 Å². The van der Waals surface area contributed by atoms with Crippen molar-refractivity contribution in [3.63, 3.8) is 0 Å². The Morgan fingerprint density at radius 1 is 1.17 bits per heavy atom. The molecule has 0 saturated carbocycles. The van der Waals surface area contributed by atoms with Gasteiger partial charge in [0.05, 0.1) is 6.10 Å².